The van der Waals surface area contributed by atoms with Crippen molar-refractivity contribution in [2.45, 2.75) is 281 Å². The maximum Gasteiger partial charge on any atom is 0.297 e. The first-order chi connectivity index (χ1) is 64.8. The number of imidazole rings is 4. The molecule has 8 aromatic carbocycles. The van der Waals surface area contributed by atoms with E-state index in [0.29, 0.717) is 35.5 Å². The Morgan fingerprint density at radius 3 is 1.07 bits per heavy atom. The Labute approximate surface area is 774 Å². The van der Waals surface area contributed by atoms with Crippen LogP contribution in [0.2, 0.25) is 0 Å². The van der Waals surface area contributed by atoms with Gasteiger partial charge in [-0.2, -0.15) is 17.6 Å². The van der Waals surface area contributed by atoms with Gasteiger partial charge >= 0.3 is 0 Å². The van der Waals surface area contributed by atoms with E-state index in [9.17, 15) is 0 Å². The molecular weight excluding hydrogens is 1610 g/mol. The summed E-state index contributed by atoms with van der Waals surface area (Å²) in [6.07, 6.45) is 51.0. The van der Waals surface area contributed by atoms with Gasteiger partial charge in [-0.05, 0) is 343 Å². The van der Waals surface area contributed by atoms with Crippen molar-refractivity contribution in [1.29, 1.82) is 0 Å². The Morgan fingerprint density at radius 1 is 0.258 bits per heavy atom. The van der Waals surface area contributed by atoms with Crippen molar-refractivity contribution in [3.8, 4) is 0 Å². The zero-order valence-corrected chi connectivity index (χ0v) is 79.1. The highest BCUT2D eigenvalue weighted by Crippen LogP contribution is 2.49. The number of pyridine rings is 8. The molecule has 8 fully saturated rings. The van der Waals surface area contributed by atoms with Crippen LogP contribution >= 0.6 is 0 Å². The first kappa shape index (κ1) is 82.2. The molecule has 0 aliphatic heterocycles. The molecule has 0 spiro atoms. The number of aryl methyl sites for hydroxylation is 8. The summed E-state index contributed by atoms with van der Waals surface area (Å²) in [6, 6.07) is 65.8. The molecule has 8 aliphatic carbocycles. The first-order valence-corrected chi connectivity index (χ1v) is 51.4. The SMILES string of the molecule is Cc1ccnc2c3cc(C4CCCC4)ccc3n3c4c(C5CCCC5)cccc4[n+](C)c3c12.Cc1ccnc2c3cc(C4CCCC4)ccc3n3c4cc(C5CCCC5)ccc4[n+](C)c3c12.Cc1ccnc2c3ccc(C4CCCC4)cc3n3c4cc(C5CCCC5)ccc4[n+](C)c3c12.Cc1ccnc2c3ccccc3[n+]3c4c(C5CCCC5)cc(C5CCCC5)cc4n(C)c3c12. The number of benzene rings is 8. The lowest BCUT2D eigenvalue weighted by Gasteiger charge is -2.15. The minimum absolute atomic E-state index is 0.672. The zero-order valence-electron chi connectivity index (χ0n) is 79.1. The summed E-state index contributed by atoms with van der Waals surface area (Å²) in [5.41, 5.74) is 43.1. The van der Waals surface area contributed by atoms with E-state index in [-0.39, 0.29) is 0 Å². The van der Waals surface area contributed by atoms with Crippen LogP contribution in [0.15, 0.2) is 195 Å². The van der Waals surface area contributed by atoms with Gasteiger partial charge < -0.3 is 0 Å². The maximum atomic E-state index is 4.97. The summed E-state index contributed by atoms with van der Waals surface area (Å²) in [4.78, 5) is 19.7. The highest BCUT2D eigenvalue weighted by molar-refractivity contribution is 6.15. The van der Waals surface area contributed by atoms with E-state index >= 15 is 0 Å². The minimum Gasteiger partial charge on any atom is -0.255 e. The monoisotopic (exact) mass is 1740 g/mol. The molecule has 0 unspecified atom stereocenters. The molecule has 664 valence electrons. The third-order valence-corrected chi connectivity index (χ3v) is 34.7. The molecule has 0 amide bonds. The van der Waals surface area contributed by atoms with Crippen molar-refractivity contribution in [3.05, 3.63) is 261 Å². The number of hydrogen-bond acceptors (Lipinski definition) is 4. The lowest BCUT2D eigenvalue weighted by atomic mass is 9.89. The number of hydrogen-bond donors (Lipinski definition) is 0. The molecule has 12 nitrogen and oxygen atoms in total. The van der Waals surface area contributed by atoms with Crippen LogP contribution < -0.4 is 18.1 Å². The fourth-order valence-corrected chi connectivity index (χ4v) is 27.8. The second-order valence-electron chi connectivity index (χ2n) is 42.2. The molecule has 0 bridgehead atoms. The summed E-state index contributed by atoms with van der Waals surface area (Å²) in [5, 5.41) is 10.3. The third kappa shape index (κ3) is 13.2. The molecule has 0 radical (unpaired) electrons. The van der Waals surface area contributed by atoms with Gasteiger partial charge in [-0.3, -0.25) is 19.9 Å². The van der Waals surface area contributed by atoms with E-state index in [1.54, 1.807) is 11.1 Å². The van der Waals surface area contributed by atoms with Gasteiger partial charge in [0.1, 0.15) is 22.1 Å². The average molecular weight is 1740 g/mol. The van der Waals surface area contributed by atoms with Crippen LogP contribution in [0.5, 0.6) is 0 Å². The highest BCUT2D eigenvalue weighted by Gasteiger charge is 2.38. The van der Waals surface area contributed by atoms with Gasteiger partial charge in [-0.25, -0.2) is 18.3 Å². The van der Waals surface area contributed by atoms with E-state index < -0.39 is 0 Å². The minimum atomic E-state index is 0.672. The topological polar surface area (TPSA) is 85.5 Å². The summed E-state index contributed by atoms with van der Waals surface area (Å²) < 4.78 is 19.9. The molecule has 132 heavy (non-hydrogen) atoms. The molecule has 20 aromatic rings. The van der Waals surface area contributed by atoms with Gasteiger partial charge in [0.15, 0.2) is 44.1 Å². The number of aromatic nitrogens is 12. The second-order valence-corrected chi connectivity index (χ2v) is 42.2. The van der Waals surface area contributed by atoms with Crippen LogP contribution in [-0.4, -0.2) is 37.7 Å². The summed E-state index contributed by atoms with van der Waals surface area (Å²) in [6.45, 7) is 8.94. The Kier molecular flexibility index (Phi) is 20.6. The van der Waals surface area contributed by atoms with Gasteiger partial charge in [0.05, 0.1) is 71.8 Å². The van der Waals surface area contributed by atoms with Crippen LogP contribution in [0.4, 0.5) is 0 Å². The van der Waals surface area contributed by atoms with E-state index in [1.807, 2.05) is 24.8 Å². The van der Waals surface area contributed by atoms with Crippen molar-refractivity contribution in [2.75, 3.05) is 0 Å². The maximum absolute atomic E-state index is 4.97. The highest BCUT2D eigenvalue weighted by atomic mass is 15.1. The van der Waals surface area contributed by atoms with Crippen LogP contribution in [0.3, 0.4) is 0 Å². The fraction of sp³-hybridized carbons (Fsp3) is 0.400. The third-order valence-electron chi connectivity index (χ3n) is 34.7. The van der Waals surface area contributed by atoms with Crippen LogP contribution in [0.1, 0.15) is 320 Å². The lowest BCUT2D eigenvalue weighted by Crippen LogP contribution is -2.27. The van der Waals surface area contributed by atoms with Crippen molar-refractivity contribution >= 4 is 154 Å². The number of rotatable bonds is 8. The van der Waals surface area contributed by atoms with Crippen molar-refractivity contribution < 1.29 is 18.1 Å². The Bertz CT molecular complexity index is 8070. The normalized spacial score (nSPS) is 18.0. The van der Waals surface area contributed by atoms with E-state index in [4.69, 9.17) is 19.9 Å². The van der Waals surface area contributed by atoms with E-state index in [0.717, 1.165) is 33.9 Å². The van der Waals surface area contributed by atoms with Gasteiger partial charge in [-0.1, -0.05) is 163 Å². The molecule has 0 atom stereocenters. The van der Waals surface area contributed by atoms with Gasteiger partial charge in [0.25, 0.3) is 22.6 Å². The molecule has 0 N–H and O–H groups in total. The second kappa shape index (κ2) is 33.2. The number of para-hydroxylation sites is 2. The standard InChI is InChI=1S/4C30H32N3/c1-19-15-16-31-28-23-13-7-8-14-25(23)33-29-24(21-11-5-6-12-21)17-22(20-9-3-4-10-20)18-26(29)32(2)30(33)27(19)28;1-19-16-17-31-28-24-18-22(20-8-3-4-9-20)14-15-25(24)33-29-23(21-10-5-6-11-21)12-7-13-26(29)32(2)30(33)27(19)28;1-19-15-16-31-29-24-17-22(20-7-3-4-8-20)11-13-25(24)33-27-18-23(21-9-5-6-10-21)12-14-26(27)32(2)30(33)28(19)29;1-19-15-16-31-29-24-13-11-22(20-7-3-4-8-20)17-26(24)33-27-18-23(21-9-5-6-10-21)12-14-25(27)32(2)30(33)28(19)29/h7-8,13-18,20-21H,3-6,9-12H2,1-2H3;7,12-18,20-21H,3-6,8-11H2,1-2H3;2*11-18,20-21H,3-10H2,1-2H3/q4*+1. The van der Waals surface area contributed by atoms with E-state index in [2.05, 4.69) is 262 Å². The lowest BCUT2D eigenvalue weighted by molar-refractivity contribution is -0.617. The first-order valence-electron chi connectivity index (χ1n) is 51.4. The molecule has 12 heterocycles. The van der Waals surface area contributed by atoms with Crippen LogP contribution in [0, 0.1) is 27.7 Å². The molecule has 12 heteroatoms. The molecule has 28 rings (SSSR count). The van der Waals surface area contributed by atoms with Crippen molar-refractivity contribution in [3.63, 3.8) is 0 Å². The van der Waals surface area contributed by atoms with Crippen molar-refractivity contribution in [1.82, 2.24) is 37.7 Å². The summed E-state index contributed by atoms with van der Waals surface area (Å²) in [5.74, 6) is 5.63. The van der Waals surface area contributed by atoms with Gasteiger partial charge in [0, 0.05) is 57.5 Å². The number of fused-ring (bicyclic) bond motifs is 32. The zero-order chi connectivity index (χ0) is 88.4. The Morgan fingerprint density at radius 2 is 0.598 bits per heavy atom. The molecule has 8 saturated carbocycles. The summed E-state index contributed by atoms with van der Waals surface area (Å²) >= 11 is 0. The molecular formula is C120H128N12+4. The van der Waals surface area contributed by atoms with E-state index in [1.165, 1.54) is 393 Å². The van der Waals surface area contributed by atoms with Crippen LogP contribution in [0.25, 0.3) is 154 Å². The molecule has 12 aromatic heterocycles. The fourth-order valence-electron chi connectivity index (χ4n) is 27.8. The van der Waals surface area contributed by atoms with Gasteiger partial charge in [0.2, 0.25) is 0 Å². The van der Waals surface area contributed by atoms with Crippen molar-refractivity contribution in [2.24, 2.45) is 28.2 Å². The molecule has 0 saturated heterocycles. The van der Waals surface area contributed by atoms with Crippen LogP contribution in [-0.2, 0) is 28.2 Å². The Hall–Kier alpha value is -11.8. The largest absolute Gasteiger partial charge is 0.297 e. The summed E-state index contributed by atoms with van der Waals surface area (Å²) in [7, 11) is 8.96. The van der Waals surface area contributed by atoms with Gasteiger partial charge in [-0.15, -0.1) is 0 Å². The molecule has 8 aliphatic rings. The smallest absolute Gasteiger partial charge is 0.255 e. The predicted octanol–water partition coefficient (Wildman–Crippen LogP) is 29.0. The Balaban J connectivity index is 0.0000000945. The predicted molar refractivity (Wildman–Crippen MR) is 544 cm³/mol. The number of nitrogens with zero attached hydrogens (tertiary/aromatic N) is 12. The quantitative estimate of drug-likeness (QED) is 0.112. The average Bonchev–Trinajstić information content (AvgIpc) is 1.49.